The van der Waals surface area contributed by atoms with E-state index >= 15 is 0 Å². The predicted molar refractivity (Wildman–Crippen MR) is 36.9 cm³/mol. The zero-order valence-electron chi connectivity index (χ0n) is 6.61. The van der Waals surface area contributed by atoms with E-state index in [0.717, 1.165) is 12.1 Å². The fraction of sp³-hybridized carbons (Fsp3) is 0.250. The predicted octanol–water partition coefficient (Wildman–Crippen LogP) is 3.02. The van der Waals surface area contributed by atoms with Crippen LogP contribution < -0.4 is 4.74 Å². The molecule has 0 unspecified atom stereocenters. The lowest BCUT2D eigenvalue weighted by molar-refractivity contribution is -0.360. The molecule has 0 atom stereocenters. The lowest BCUT2D eigenvalue weighted by Gasteiger charge is -2.19. The number of ether oxygens (including phenoxy) is 1. The van der Waals surface area contributed by atoms with Crippen molar-refractivity contribution in [3.05, 3.63) is 30.3 Å². The minimum Gasteiger partial charge on any atom is -0.426 e. The highest BCUT2D eigenvalue weighted by Gasteiger charge is 2.61. The Balaban J connectivity index is 2.79. The van der Waals surface area contributed by atoms with Gasteiger partial charge in [0.05, 0.1) is 0 Å². The Morgan fingerprint density at radius 1 is 1.14 bits per heavy atom. The van der Waals surface area contributed by atoms with Crippen LogP contribution in [0.25, 0.3) is 0 Å². The van der Waals surface area contributed by atoms with E-state index in [0.29, 0.717) is 0 Å². The molecule has 0 amide bonds. The molecule has 0 aliphatic rings. The molecule has 1 rings (SSSR count). The zero-order chi connectivity index (χ0) is 10.8. The number of halogens is 5. The minimum atomic E-state index is -5.72. The van der Waals surface area contributed by atoms with Gasteiger partial charge in [-0.25, -0.2) is 0 Å². The quantitative estimate of drug-likeness (QED) is 0.683. The van der Waals surface area contributed by atoms with Crippen molar-refractivity contribution >= 4 is 0 Å². The number of hydrogen-bond donors (Lipinski definition) is 0. The van der Waals surface area contributed by atoms with Crippen LogP contribution in [0.15, 0.2) is 24.3 Å². The molecular formula is C8H4F5O. The maximum absolute atomic E-state index is 12.3. The number of rotatable bonds is 2. The van der Waals surface area contributed by atoms with Crippen molar-refractivity contribution in [1.29, 1.82) is 0 Å². The summed E-state index contributed by atoms with van der Waals surface area (Å²) < 4.78 is 62.9. The van der Waals surface area contributed by atoms with E-state index in [9.17, 15) is 22.0 Å². The number of hydrogen-bond acceptors (Lipinski definition) is 1. The van der Waals surface area contributed by atoms with Crippen LogP contribution in [0.1, 0.15) is 0 Å². The van der Waals surface area contributed by atoms with Gasteiger partial charge < -0.3 is 4.74 Å². The Hall–Kier alpha value is -1.33. The van der Waals surface area contributed by atoms with Gasteiger partial charge in [0.15, 0.2) is 0 Å². The van der Waals surface area contributed by atoms with Crippen LogP contribution in [0.4, 0.5) is 22.0 Å². The van der Waals surface area contributed by atoms with Crippen LogP contribution in [0, 0.1) is 6.07 Å². The summed E-state index contributed by atoms with van der Waals surface area (Å²) in [5.41, 5.74) is 0. The summed E-state index contributed by atoms with van der Waals surface area (Å²) in [6.07, 6.45) is -10.9. The number of benzene rings is 1. The van der Waals surface area contributed by atoms with Crippen molar-refractivity contribution in [2.75, 3.05) is 0 Å². The molecule has 0 aromatic heterocycles. The van der Waals surface area contributed by atoms with Gasteiger partial charge in [-0.15, -0.1) is 0 Å². The average molecular weight is 211 g/mol. The molecule has 0 fully saturated rings. The summed E-state index contributed by atoms with van der Waals surface area (Å²) in [6.45, 7) is 0. The molecule has 6 heteroatoms. The molecule has 0 heterocycles. The van der Waals surface area contributed by atoms with Crippen LogP contribution in [0.5, 0.6) is 5.75 Å². The maximum atomic E-state index is 12.3. The smallest absolute Gasteiger partial charge is 0.426 e. The summed E-state index contributed by atoms with van der Waals surface area (Å²) >= 11 is 0. The molecule has 1 aromatic rings. The average Bonchev–Trinajstić information content (AvgIpc) is 2.03. The second-order valence-corrected chi connectivity index (χ2v) is 2.36. The van der Waals surface area contributed by atoms with Gasteiger partial charge >= 0.3 is 12.3 Å². The maximum Gasteiger partial charge on any atom is 0.499 e. The molecular weight excluding hydrogens is 207 g/mol. The van der Waals surface area contributed by atoms with Crippen LogP contribution in [0.3, 0.4) is 0 Å². The van der Waals surface area contributed by atoms with E-state index in [1.807, 2.05) is 0 Å². The topological polar surface area (TPSA) is 9.23 Å². The van der Waals surface area contributed by atoms with E-state index in [2.05, 4.69) is 10.8 Å². The first-order valence-corrected chi connectivity index (χ1v) is 3.42. The van der Waals surface area contributed by atoms with E-state index < -0.39 is 18.0 Å². The molecule has 0 saturated carbocycles. The highest BCUT2D eigenvalue weighted by molar-refractivity contribution is 5.20. The molecule has 0 aliphatic carbocycles. The van der Waals surface area contributed by atoms with Gasteiger partial charge in [0, 0.05) is 0 Å². The molecule has 1 nitrogen and oxygen atoms in total. The van der Waals surface area contributed by atoms with Crippen molar-refractivity contribution in [1.82, 2.24) is 0 Å². The van der Waals surface area contributed by atoms with Gasteiger partial charge in [-0.3, -0.25) is 0 Å². The van der Waals surface area contributed by atoms with Gasteiger partial charge in [0.25, 0.3) is 0 Å². The summed E-state index contributed by atoms with van der Waals surface area (Å²) in [6, 6.07) is 6.76. The van der Waals surface area contributed by atoms with Gasteiger partial charge in [-0.2, -0.15) is 22.0 Å². The Kier molecular flexibility index (Phi) is 2.64. The van der Waals surface area contributed by atoms with Crippen LogP contribution in [0.2, 0.25) is 0 Å². The SMILES string of the molecule is FC(F)(F)C(F)(F)Oc1c[c]ccc1. The lowest BCUT2D eigenvalue weighted by atomic mass is 10.3. The van der Waals surface area contributed by atoms with Gasteiger partial charge in [0.2, 0.25) is 0 Å². The monoisotopic (exact) mass is 211 g/mol. The Bertz CT molecular complexity index is 292. The van der Waals surface area contributed by atoms with Crippen LogP contribution in [-0.4, -0.2) is 12.3 Å². The van der Waals surface area contributed by atoms with E-state index in [-0.39, 0.29) is 0 Å². The molecule has 1 radical (unpaired) electrons. The fourth-order valence-corrected chi connectivity index (χ4v) is 0.646. The normalized spacial score (nSPS) is 12.6. The molecule has 0 N–H and O–H groups in total. The zero-order valence-corrected chi connectivity index (χ0v) is 6.61. The molecule has 77 valence electrons. The first-order chi connectivity index (χ1) is 6.33. The summed E-state index contributed by atoms with van der Waals surface area (Å²) in [4.78, 5) is 0. The Labute approximate surface area is 76.1 Å². The van der Waals surface area contributed by atoms with Crippen molar-refractivity contribution in [3.63, 3.8) is 0 Å². The Morgan fingerprint density at radius 3 is 2.21 bits per heavy atom. The molecule has 1 aromatic carbocycles. The first kappa shape index (κ1) is 10.7. The first-order valence-electron chi connectivity index (χ1n) is 3.42. The molecule has 14 heavy (non-hydrogen) atoms. The Morgan fingerprint density at radius 2 is 1.79 bits per heavy atom. The molecule has 0 saturated heterocycles. The fourth-order valence-electron chi connectivity index (χ4n) is 0.646. The highest BCUT2D eigenvalue weighted by atomic mass is 19.4. The summed E-state index contributed by atoms with van der Waals surface area (Å²) in [5.74, 6) is -0.588. The molecule has 0 spiro atoms. The highest BCUT2D eigenvalue weighted by Crippen LogP contribution is 2.36. The summed E-state index contributed by atoms with van der Waals surface area (Å²) in [7, 11) is 0. The van der Waals surface area contributed by atoms with Gasteiger partial charge in [-0.1, -0.05) is 12.1 Å². The number of alkyl halides is 5. The molecule has 0 bridgehead atoms. The lowest BCUT2D eigenvalue weighted by Crippen LogP contribution is -2.41. The summed E-state index contributed by atoms with van der Waals surface area (Å²) in [5, 5.41) is 0. The van der Waals surface area contributed by atoms with Crippen LogP contribution >= 0.6 is 0 Å². The standard InChI is InChI=1S/C8H4F5O/c9-7(10,11)8(12,13)14-6-4-2-1-3-5-6/h1-2,4-5H. The second-order valence-electron chi connectivity index (χ2n) is 2.36. The third kappa shape index (κ3) is 2.34. The van der Waals surface area contributed by atoms with Gasteiger partial charge in [0.1, 0.15) is 5.75 Å². The van der Waals surface area contributed by atoms with Crippen LogP contribution in [-0.2, 0) is 0 Å². The van der Waals surface area contributed by atoms with Crippen molar-refractivity contribution < 1.29 is 26.7 Å². The van der Waals surface area contributed by atoms with E-state index in [1.165, 1.54) is 12.1 Å². The second kappa shape index (κ2) is 3.43. The largest absolute Gasteiger partial charge is 0.499 e. The molecule has 0 aliphatic heterocycles. The third-order valence-corrected chi connectivity index (χ3v) is 1.25. The minimum absolute atomic E-state index is 0.588. The van der Waals surface area contributed by atoms with E-state index in [1.54, 1.807) is 0 Å². The van der Waals surface area contributed by atoms with Gasteiger partial charge in [-0.05, 0) is 18.2 Å². The third-order valence-electron chi connectivity index (χ3n) is 1.25. The van der Waals surface area contributed by atoms with Crippen molar-refractivity contribution in [2.45, 2.75) is 12.3 Å². The van der Waals surface area contributed by atoms with E-state index in [4.69, 9.17) is 0 Å². The van der Waals surface area contributed by atoms with Crippen molar-refractivity contribution in [3.8, 4) is 5.75 Å². The van der Waals surface area contributed by atoms with Crippen molar-refractivity contribution in [2.24, 2.45) is 0 Å².